The number of aliphatic imine (C=N–C) groups is 1. The molecule has 4 heteroatoms. The summed E-state index contributed by atoms with van der Waals surface area (Å²) in [6.07, 6.45) is 0. The SMILES string of the molecule is CC(C)N1C(N)=NCC1c1ccc(Br)cc1. The van der Waals surface area contributed by atoms with E-state index in [0.717, 1.165) is 11.0 Å². The molecule has 0 radical (unpaired) electrons. The van der Waals surface area contributed by atoms with Gasteiger partial charge < -0.3 is 10.6 Å². The Morgan fingerprint density at radius 3 is 2.56 bits per heavy atom. The lowest BCUT2D eigenvalue weighted by molar-refractivity contribution is 0.290. The van der Waals surface area contributed by atoms with Crippen LogP contribution < -0.4 is 5.73 Å². The smallest absolute Gasteiger partial charge is 0.192 e. The topological polar surface area (TPSA) is 41.6 Å². The van der Waals surface area contributed by atoms with Gasteiger partial charge in [0.25, 0.3) is 0 Å². The molecule has 1 aromatic carbocycles. The zero-order chi connectivity index (χ0) is 11.7. The average Bonchev–Trinajstić information content (AvgIpc) is 2.61. The first-order chi connectivity index (χ1) is 7.59. The average molecular weight is 282 g/mol. The van der Waals surface area contributed by atoms with Crippen LogP contribution in [0.1, 0.15) is 25.5 Å². The maximum absolute atomic E-state index is 5.90. The fraction of sp³-hybridized carbons (Fsp3) is 0.417. The lowest BCUT2D eigenvalue weighted by Crippen LogP contribution is -2.40. The van der Waals surface area contributed by atoms with E-state index < -0.39 is 0 Å². The molecule has 0 aromatic heterocycles. The molecular weight excluding hydrogens is 266 g/mol. The molecule has 1 heterocycles. The molecule has 3 nitrogen and oxygen atoms in total. The van der Waals surface area contributed by atoms with Gasteiger partial charge in [0, 0.05) is 10.5 Å². The van der Waals surface area contributed by atoms with Crippen molar-refractivity contribution >= 4 is 21.9 Å². The first-order valence-corrected chi connectivity index (χ1v) is 6.22. The van der Waals surface area contributed by atoms with Crippen LogP contribution >= 0.6 is 15.9 Å². The van der Waals surface area contributed by atoms with Crippen molar-refractivity contribution in [1.29, 1.82) is 0 Å². The standard InChI is InChI=1S/C12H16BrN3/c1-8(2)16-11(7-15-12(16)14)9-3-5-10(13)6-4-9/h3-6,8,11H,7H2,1-2H3,(H2,14,15). The number of nitrogens with zero attached hydrogens (tertiary/aromatic N) is 2. The van der Waals surface area contributed by atoms with Crippen LogP contribution in [-0.2, 0) is 0 Å². The number of guanidine groups is 1. The molecule has 0 saturated heterocycles. The van der Waals surface area contributed by atoms with Crippen LogP contribution in [0.2, 0.25) is 0 Å². The van der Waals surface area contributed by atoms with Crippen LogP contribution in [-0.4, -0.2) is 23.4 Å². The second-order valence-corrected chi connectivity index (χ2v) is 5.18. The highest BCUT2D eigenvalue weighted by Gasteiger charge is 2.29. The Kier molecular flexibility index (Phi) is 3.19. The van der Waals surface area contributed by atoms with Gasteiger partial charge in [-0.15, -0.1) is 0 Å². The summed E-state index contributed by atoms with van der Waals surface area (Å²) in [6, 6.07) is 9.02. The van der Waals surface area contributed by atoms with Gasteiger partial charge in [0.1, 0.15) is 0 Å². The van der Waals surface area contributed by atoms with Crippen molar-refractivity contribution in [2.45, 2.75) is 25.9 Å². The molecule has 1 aliphatic rings. The molecule has 1 atom stereocenters. The van der Waals surface area contributed by atoms with Crippen LogP contribution in [0.5, 0.6) is 0 Å². The maximum Gasteiger partial charge on any atom is 0.192 e. The van der Waals surface area contributed by atoms with Gasteiger partial charge in [-0.1, -0.05) is 28.1 Å². The largest absolute Gasteiger partial charge is 0.370 e. The third-order valence-electron chi connectivity index (χ3n) is 2.84. The van der Waals surface area contributed by atoms with E-state index in [-0.39, 0.29) is 6.04 Å². The molecule has 0 saturated carbocycles. The Hall–Kier alpha value is -1.03. The Labute approximate surface area is 104 Å². The van der Waals surface area contributed by atoms with Crippen molar-refractivity contribution in [3.8, 4) is 0 Å². The molecule has 86 valence electrons. The first-order valence-electron chi connectivity index (χ1n) is 5.43. The molecule has 0 amide bonds. The van der Waals surface area contributed by atoms with E-state index in [9.17, 15) is 0 Å². The van der Waals surface area contributed by atoms with Crippen LogP contribution in [0, 0.1) is 0 Å². The molecule has 1 unspecified atom stereocenters. The van der Waals surface area contributed by atoms with Crippen molar-refractivity contribution in [1.82, 2.24) is 4.90 Å². The molecule has 1 aliphatic heterocycles. The lowest BCUT2D eigenvalue weighted by Gasteiger charge is -2.30. The Bertz CT molecular complexity index is 397. The quantitative estimate of drug-likeness (QED) is 0.905. The Morgan fingerprint density at radius 2 is 2.00 bits per heavy atom. The summed E-state index contributed by atoms with van der Waals surface area (Å²) in [5, 5.41) is 0. The van der Waals surface area contributed by atoms with Crippen LogP contribution in [0.25, 0.3) is 0 Å². The molecule has 0 fully saturated rings. The monoisotopic (exact) mass is 281 g/mol. The highest BCUT2D eigenvalue weighted by molar-refractivity contribution is 9.10. The van der Waals surface area contributed by atoms with Gasteiger partial charge in [-0.3, -0.25) is 4.99 Å². The number of hydrogen-bond acceptors (Lipinski definition) is 3. The predicted molar refractivity (Wildman–Crippen MR) is 70.3 cm³/mol. The third-order valence-corrected chi connectivity index (χ3v) is 3.37. The predicted octanol–water partition coefficient (Wildman–Crippen LogP) is 2.53. The van der Waals surface area contributed by atoms with Gasteiger partial charge in [0.05, 0.1) is 12.6 Å². The minimum atomic E-state index is 0.285. The molecule has 2 N–H and O–H groups in total. The highest BCUT2D eigenvalue weighted by atomic mass is 79.9. The molecule has 16 heavy (non-hydrogen) atoms. The zero-order valence-electron chi connectivity index (χ0n) is 9.52. The van der Waals surface area contributed by atoms with E-state index in [2.05, 4.69) is 63.9 Å². The second-order valence-electron chi connectivity index (χ2n) is 4.27. The van der Waals surface area contributed by atoms with Gasteiger partial charge in [-0.2, -0.15) is 0 Å². The fourth-order valence-electron chi connectivity index (χ4n) is 2.08. The Balaban J connectivity index is 2.25. The zero-order valence-corrected chi connectivity index (χ0v) is 11.1. The summed E-state index contributed by atoms with van der Waals surface area (Å²) in [6.45, 7) is 5.03. The van der Waals surface area contributed by atoms with Crippen molar-refractivity contribution in [3.05, 3.63) is 34.3 Å². The number of hydrogen-bond donors (Lipinski definition) is 1. The maximum atomic E-state index is 5.90. The van der Waals surface area contributed by atoms with Crippen molar-refractivity contribution in [2.24, 2.45) is 10.7 Å². The number of halogens is 1. The van der Waals surface area contributed by atoms with E-state index in [1.807, 2.05) is 0 Å². The first kappa shape index (κ1) is 11.5. The molecule has 0 bridgehead atoms. The van der Waals surface area contributed by atoms with E-state index in [1.165, 1.54) is 5.56 Å². The van der Waals surface area contributed by atoms with Gasteiger partial charge in [-0.25, -0.2) is 0 Å². The Morgan fingerprint density at radius 1 is 1.38 bits per heavy atom. The summed E-state index contributed by atoms with van der Waals surface area (Å²) in [5.74, 6) is 0.655. The third kappa shape index (κ3) is 2.07. The second kappa shape index (κ2) is 4.45. The molecule has 1 aromatic rings. The molecule has 2 rings (SSSR count). The van der Waals surface area contributed by atoms with Crippen molar-refractivity contribution < 1.29 is 0 Å². The fourth-order valence-corrected chi connectivity index (χ4v) is 2.35. The van der Waals surface area contributed by atoms with Gasteiger partial charge in [-0.05, 0) is 31.5 Å². The van der Waals surface area contributed by atoms with E-state index >= 15 is 0 Å². The van der Waals surface area contributed by atoms with Crippen molar-refractivity contribution in [3.63, 3.8) is 0 Å². The number of nitrogens with two attached hydrogens (primary N) is 1. The minimum absolute atomic E-state index is 0.285. The van der Waals surface area contributed by atoms with E-state index in [0.29, 0.717) is 12.0 Å². The van der Waals surface area contributed by atoms with Gasteiger partial charge >= 0.3 is 0 Å². The van der Waals surface area contributed by atoms with E-state index in [4.69, 9.17) is 5.73 Å². The summed E-state index contributed by atoms with van der Waals surface area (Å²) in [5.41, 5.74) is 7.17. The molecular formula is C12H16BrN3. The van der Waals surface area contributed by atoms with Crippen LogP contribution in [0.15, 0.2) is 33.7 Å². The summed E-state index contributed by atoms with van der Waals surface area (Å²) >= 11 is 3.44. The van der Waals surface area contributed by atoms with Crippen LogP contribution in [0.3, 0.4) is 0 Å². The summed E-state index contributed by atoms with van der Waals surface area (Å²) in [4.78, 5) is 6.50. The number of benzene rings is 1. The molecule has 0 aliphatic carbocycles. The van der Waals surface area contributed by atoms with Gasteiger partial charge in [0.2, 0.25) is 0 Å². The highest BCUT2D eigenvalue weighted by Crippen LogP contribution is 2.28. The van der Waals surface area contributed by atoms with Crippen LogP contribution in [0.4, 0.5) is 0 Å². The minimum Gasteiger partial charge on any atom is -0.370 e. The van der Waals surface area contributed by atoms with Gasteiger partial charge in [0.15, 0.2) is 5.96 Å². The number of rotatable bonds is 2. The van der Waals surface area contributed by atoms with E-state index in [1.54, 1.807) is 0 Å². The lowest BCUT2D eigenvalue weighted by atomic mass is 10.1. The van der Waals surface area contributed by atoms with Crippen molar-refractivity contribution in [2.75, 3.05) is 6.54 Å². The molecule has 0 spiro atoms. The summed E-state index contributed by atoms with van der Waals surface area (Å²) in [7, 11) is 0. The normalized spacial score (nSPS) is 20.4. The summed E-state index contributed by atoms with van der Waals surface area (Å²) < 4.78 is 1.10.